The molecule has 2 heteroatoms. The van der Waals surface area contributed by atoms with Crippen LogP contribution in [0.1, 0.15) is 24.8 Å². The molecule has 0 aromatic heterocycles. The first kappa shape index (κ1) is 12.0. The van der Waals surface area contributed by atoms with Gasteiger partial charge in [-0.25, -0.2) is 0 Å². The maximum Gasteiger partial charge on any atom is 0.119 e. The van der Waals surface area contributed by atoms with Crippen molar-refractivity contribution in [1.82, 2.24) is 0 Å². The Morgan fingerprint density at radius 2 is 1.89 bits per heavy atom. The Bertz CT molecular complexity index is 650. The molecule has 0 N–H and O–H groups in total. The van der Waals surface area contributed by atoms with Crippen molar-refractivity contribution in [3.8, 4) is 11.8 Å². The van der Waals surface area contributed by atoms with Crippen molar-refractivity contribution in [2.24, 2.45) is 5.41 Å². The Labute approximate surface area is 113 Å². The molecule has 0 heterocycles. The largest absolute Gasteiger partial charge is 0.497 e. The second-order valence-electron chi connectivity index (χ2n) is 5.47. The molecule has 0 saturated heterocycles. The first-order chi connectivity index (χ1) is 9.24. The van der Waals surface area contributed by atoms with Crippen LogP contribution in [-0.4, -0.2) is 7.11 Å². The van der Waals surface area contributed by atoms with E-state index in [2.05, 4.69) is 30.3 Å². The summed E-state index contributed by atoms with van der Waals surface area (Å²) in [7, 11) is 1.68. The van der Waals surface area contributed by atoms with Crippen molar-refractivity contribution in [1.29, 1.82) is 5.26 Å². The van der Waals surface area contributed by atoms with Crippen molar-refractivity contribution in [3.63, 3.8) is 0 Å². The Morgan fingerprint density at radius 1 is 1.16 bits per heavy atom. The molecule has 0 atom stereocenters. The van der Waals surface area contributed by atoms with Crippen LogP contribution < -0.4 is 4.74 Å². The maximum atomic E-state index is 9.31. The Kier molecular flexibility index (Phi) is 2.91. The van der Waals surface area contributed by atoms with E-state index in [0.29, 0.717) is 0 Å². The number of fused-ring (bicyclic) bond motifs is 1. The van der Waals surface area contributed by atoms with Crippen LogP contribution in [-0.2, 0) is 6.42 Å². The Hall–Kier alpha value is -2.01. The van der Waals surface area contributed by atoms with Gasteiger partial charge in [-0.2, -0.15) is 5.26 Å². The van der Waals surface area contributed by atoms with Gasteiger partial charge in [-0.1, -0.05) is 30.7 Å². The van der Waals surface area contributed by atoms with Gasteiger partial charge < -0.3 is 4.74 Å². The van der Waals surface area contributed by atoms with Crippen LogP contribution in [0.5, 0.6) is 5.75 Å². The zero-order chi connectivity index (χ0) is 13.3. The van der Waals surface area contributed by atoms with Crippen molar-refractivity contribution in [2.75, 3.05) is 7.11 Å². The fraction of sp³-hybridized carbons (Fsp3) is 0.353. The number of rotatable bonds is 3. The van der Waals surface area contributed by atoms with Gasteiger partial charge in [0.05, 0.1) is 18.6 Å². The lowest BCUT2D eigenvalue weighted by atomic mass is 9.66. The van der Waals surface area contributed by atoms with Gasteiger partial charge in [-0.3, -0.25) is 0 Å². The number of nitrogens with zero attached hydrogens (tertiary/aromatic N) is 1. The first-order valence-electron chi connectivity index (χ1n) is 6.73. The second-order valence-corrected chi connectivity index (χ2v) is 5.47. The summed E-state index contributed by atoms with van der Waals surface area (Å²) in [5.41, 5.74) is 1.17. The van der Waals surface area contributed by atoms with E-state index in [0.717, 1.165) is 25.0 Å². The van der Waals surface area contributed by atoms with Crippen LogP contribution in [0.3, 0.4) is 0 Å². The molecule has 0 spiro atoms. The maximum absolute atomic E-state index is 9.31. The molecule has 0 radical (unpaired) electrons. The monoisotopic (exact) mass is 251 g/mol. The molecule has 1 saturated carbocycles. The molecule has 0 unspecified atom stereocenters. The molecule has 19 heavy (non-hydrogen) atoms. The van der Waals surface area contributed by atoms with E-state index in [-0.39, 0.29) is 5.41 Å². The van der Waals surface area contributed by atoms with Gasteiger partial charge in [-0.05, 0) is 47.7 Å². The van der Waals surface area contributed by atoms with E-state index in [1.54, 1.807) is 7.11 Å². The van der Waals surface area contributed by atoms with Gasteiger partial charge in [0.25, 0.3) is 0 Å². The van der Waals surface area contributed by atoms with Crippen molar-refractivity contribution in [3.05, 3.63) is 42.0 Å². The zero-order valence-electron chi connectivity index (χ0n) is 11.1. The van der Waals surface area contributed by atoms with E-state index in [1.165, 1.54) is 22.8 Å². The number of methoxy groups -OCH3 is 1. The Morgan fingerprint density at radius 3 is 2.53 bits per heavy atom. The number of ether oxygens (including phenoxy) is 1. The van der Waals surface area contributed by atoms with Gasteiger partial charge in [-0.15, -0.1) is 0 Å². The molecule has 2 aromatic carbocycles. The predicted molar refractivity (Wildman–Crippen MR) is 76.1 cm³/mol. The zero-order valence-corrected chi connectivity index (χ0v) is 11.1. The molecular formula is C17H17NO. The number of hydrogen-bond acceptors (Lipinski definition) is 2. The van der Waals surface area contributed by atoms with Crippen LogP contribution in [0.2, 0.25) is 0 Å². The first-order valence-corrected chi connectivity index (χ1v) is 6.73. The van der Waals surface area contributed by atoms with Crippen molar-refractivity contribution < 1.29 is 4.74 Å². The van der Waals surface area contributed by atoms with E-state index in [1.807, 2.05) is 12.1 Å². The molecule has 3 rings (SSSR count). The minimum absolute atomic E-state index is 0.0971. The molecule has 1 aliphatic rings. The quantitative estimate of drug-likeness (QED) is 0.823. The lowest BCUT2D eigenvalue weighted by molar-refractivity contribution is 0.214. The van der Waals surface area contributed by atoms with Crippen LogP contribution >= 0.6 is 0 Å². The van der Waals surface area contributed by atoms with Crippen LogP contribution in [0.15, 0.2) is 36.4 Å². The topological polar surface area (TPSA) is 33.0 Å². The molecule has 1 fully saturated rings. The van der Waals surface area contributed by atoms with Crippen LogP contribution in [0, 0.1) is 16.7 Å². The summed E-state index contributed by atoms with van der Waals surface area (Å²) in [6, 6.07) is 15.1. The molecule has 2 nitrogen and oxygen atoms in total. The molecular weight excluding hydrogens is 234 g/mol. The normalized spacial score (nSPS) is 16.6. The molecule has 0 amide bonds. The molecule has 2 aromatic rings. The van der Waals surface area contributed by atoms with Gasteiger partial charge >= 0.3 is 0 Å². The summed E-state index contributed by atoms with van der Waals surface area (Å²) in [5.74, 6) is 0.882. The molecule has 0 aliphatic heterocycles. The second kappa shape index (κ2) is 4.59. The lowest BCUT2D eigenvalue weighted by Crippen LogP contribution is -2.29. The van der Waals surface area contributed by atoms with Gasteiger partial charge in [0, 0.05) is 0 Å². The number of nitriles is 1. The summed E-state index contributed by atoms with van der Waals surface area (Å²) in [5, 5.41) is 11.7. The molecule has 0 bridgehead atoms. The summed E-state index contributed by atoms with van der Waals surface area (Å²) in [6.07, 6.45) is 4.16. The van der Waals surface area contributed by atoms with E-state index < -0.39 is 0 Å². The van der Waals surface area contributed by atoms with Crippen LogP contribution in [0.4, 0.5) is 0 Å². The van der Waals surface area contributed by atoms with Gasteiger partial charge in [0.1, 0.15) is 5.75 Å². The fourth-order valence-electron chi connectivity index (χ4n) is 2.83. The van der Waals surface area contributed by atoms with E-state index in [4.69, 9.17) is 4.74 Å². The highest BCUT2D eigenvalue weighted by Gasteiger charge is 2.37. The average Bonchev–Trinajstić information content (AvgIpc) is 2.42. The SMILES string of the molecule is COc1ccc2cc(CC3(C#N)CCC3)ccc2c1. The average molecular weight is 251 g/mol. The summed E-state index contributed by atoms with van der Waals surface area (Å²) >= 11 is 0. The van der Waals surface area contributed by atoms with Gasteiger partial charge in [0.2, 0.25) is 0 Å². The Balaban J connectivity index is 1.92. The standard InChI is InChI=1S/C17H17NO/c1-19-16-6-5-14-9-13(3-4-15(14)10-16)11-17(12-18)7-2-8-17/h3-6,9-10H,2,7-8,11H2,1H3. The number of hydrogen-bond donors (Lipinski definition) is 0. The minimum Gasteiger partial charge on any atom is -0.497 e. The third-order valence-electron chi connectivity index (χ3n) is 4.20. The highest BCUT2D eigenvalue weighted by Crippen LogP contribution is 2.43. The minimum atomic E-state index is -0.0971. The lowest BCUT2D eigenvalue weighted by Gasteiger charge is -2.35. The fourth-order valence-corrected chi connectivity index (χ4v) is 2.83. The van der Waals surface area contributed by atoms with Crippen molar-refractivity contribution in [2.45, 2.75) is 25.7 Å². The predicted octanol–water partition coefficient (Wildman–Crippen LogP) is 4.08. The molecule has 96 valence electrons. The summed E-state index contributed by atoms with van der Waals surface area (Å²) in [6.45, 7) is 0. The smallest absolute Gasteiger partial charge is 0.119 e. The third-order valence-corrected chi connectivity index (χ3v) is 4.20. The highest BCUT2D eigenvalue weighted by molar-refractivity contribution is 5.84. The van der Waals surface area contributed by atoms with Crippen molar-refractivity contribution >= 4 is 10.8 Å². The number of benzene rings is 2. The highest BCUT2D eigenvalue weighted by atomic mass is 16.5. The third kappa shape index (κ3) is 2.17. The van der Waals surface area contributed by atoms with E-state index in [9.17, 15) is 5.26 Å². The summed E-state index contributed by atoms with van der Waals surface area (Å²) < 4.78 is 5.23. The van der Waals surface area contributed by atoms with E-state index >= 15 is 0 Å². The van der Waals surface area contributed by atoms with Crippen LogP contribution in [0.25, 0.3) is 10.8 Å². The van der Waals surface area contributed by atoms with Gasteiger partial charge in [0.15, 0.2) is 0 Å². The summed E-state index contributed by atoms with van der Waals surface area (Å²) in [4.78, 5) is 0. The molecule has 1 aliphatic carbocycles.